The fourth-order valence-electron chi connectivity index (χ4n) is 3.42. The number of ether oxygens (including phenoxy) is 1. The van der Waals surface area contributed by atoms with Crippen LogP contribution in [0.15, 0.2) is 51.0 Å². The Labute approximate surface area is 179 Å². The molecular weight excluding hydrogens is 424 g/mol. The lowest BCUT2D eigenvalue weighted by Gasteiger charge is -2.26. The zero-order valence-electron chi connectivity index (χ0n) is 16.9. The summed E-state index contributed by atoms with van der Waals surface area (Å²) >= 11 is 0. The summed E-state index contributed by atoms with van der Waals surface area (Å²) in [4.78, 5) is 36.9. The fraction of sp³-hybridized carbons (Fsp3) is 0.450. The number of hydrogen-bond donors (Lipinski definition) is 1. The maximum atomic E-state index is 12.6. The number of nitrogens with zero attached hydrogens (tertiary/aromatic N) is 3. The van der Waals surface area contributed by atoms with Crippen LogP contribution in [0.2, 0.25) is 0 Å². The van der Waals surface area contributed by atoms with E-state index < -0.39 is 27.2 Å². The summed E-state index contributed by atoms with van der Waals surface area (Å²) in [5, 5.41) is 2.66. The van der Waals surface area contributed by atoms with Crippen molar-refractivity contribution in [2.24, 2.45) is 0 Å². The Morgan fingerprint density at radius 2 is 1.74 bits per heavy atom. The van der Waals surface area contributed by atoms with Gasteiger partial charge in [0, 0.05) is 37.9 Å². The van der Waals surface area contributed by atoms with Gasteiger partial charge in [-0.3, -0.25) is 18.7 Å². The van der Waals surface area contributed by atoms with Gasteiger partial charge < -0.3 is 10.1 Å². The first-order chi connectivity index (χ1) is 14.9. The Morgan fingerprint density at radius 1 is 1.06 bits per heavy atom. The molecule has 1 aliphatic carbocycles. The third-order valence-electron chi connectivity index (χ3n) is 5.36. The molecule has 1 aromatic carbocycles. The highest BCUT2D eigenvalue weighted by molar-refractivity contribution is 7.89. The van der Waals surface area contributed by atoms with Crippen molar-refractivity contribution in [3.05, 3.63) is 62.9 Å². The monoisotopic (exact) mass is 448 g/mol. The Bertz CT molecular complexity index is 1180. The molecule has 0 bridgehead atoms. The van der Waals surface area contributed by atoms with E-state index in [1.54, 1.807) is 12.1 Å². The van der Waals surface area contributed by atoms with Crippen LogP contribution in [-0.4, -0.2) is 54.1 Å². The first-order valence-corrected chi connectivity index (χ1v) is 11.6. The van der Waals surface area contributed by atoms with Gasteiger partial charge in [-0.1, -0.05) is 12.1 Å². The van der Waals surface area contributed by atoms with Gasteiger partial charge in [0.05, 0.1) is 18.1 Å². The summed E-state index contributed by atoms with van der Waals surface area (Å²) in [7, 11) is -3.58. The molecule has 1 saturated carbocycles. The molecule has 0 radical (unpaired) electrons. The van der Waals surface area contributed by atoms with Crippen LogP contribution in [-0.2, 0) is 32.6 Å². The number of nitrogens with one attached hydrogen (secondary N) is 1. The molecule has 0 unspecified atom stereocenters. The van der Waals surface area contributed by atoms with Crippen molar-refractivity contribution >= 4 is 15.9 Å². The van der Waals surface area contributed by atoms with Gasteiger partial charge in [-0.15, -0.1) is 0 Å². The normalized spacial score (nSPS) is 17.4. The van der Waals surface area contributed by atoms with E-state index in [0.717, 1.165) is 17.4 Å². The van der Waals surface area contributed by atoms with E-state index in [0.29, 0.717) is 31.9 Å². The van der Waals surface area contributed by atoms with Crippen molar-refractivity contribution in [3.8, 4) is 0 Å². The zero-order valence-corrected chi connectivity index (χ0v) is 17.7. The van der Waals surface area contributed by atoms with Gasteiger partial charge in [-0.2, -0.15) is 4.31 Å². The number of carbonyl (C=O) groups is 1. The maximum Gasteiger partial charge on any atom is 0.331 e. The standard InChI is InChI=1S/C20H24N4O6S/c25-18(14-24-19(26)7-8-23(20(24)27)16-3-4-16)21-13-15-1-5-17(6-2-15)31(28,29)22-9-11-30-12-10-22/h1-2,5-8,16H,3-4,9-14H2,(H,21,25). The Balaban J connectivity index is 1.37. The Kier molecular flexibility index (Phi) is 6.08. The SMILES string of the molecule is O=C(Cn1c(=O)ccn(C2CC2)c1=O)NCc1ccc(S(=O)(=O)N2CCOCC2)cc1. The molecule has 2 heterocycles. The minimum Gasteiger partial charge on any atom is -0.379 e. The lowest BCUT2D eigenvalue weighted by molar-refractivity contribution is -0.121. The summed E-state index contributed by atoms with van der Waals surface area (Å²) in [5.74, 6) is -0.474. The zero-order chi connectivity index (χ0) is 22.0. The molecule has 1 amide bonds. The van der Waals surface area contributed by atoms with Gasteiger partial charge in [0.2, 0.25) is 15.9 Å². The molecule has 1 saturated heterocycles. The second kappa shape index (κ2) is 8.77. The number of rotatable bonds is 7. The Morgan fingerprint density at radius 3 is 2.39 bits per heavy atom. The van der Waals surface area contributed by atoms with Crippen LogP contribution >= 0.6 is 0 Å². The van der Waals surface area contributed by atoms with Crippen molar-refractivity contribution in [1.29, 1.82) is 0 Å². The van der Waals surface area contributed by atoms with Crippen molar-refractivity contribution < 1.29 is 17.9 Å². The minimum absolute atomic E-state index is 0.106. The highest BCUT2D eigenvalue weighted by Crippen LogP contribution is 2.32. The summed E-state index contributed by atoms with van der Waals surface area (Å²) in [6.45, 7) is 1.17. The fourth-order valence-corrected chi connectivity index (χ4v) is 4.83. The van der Waals surface area contributed by atoms with Crippen LogP contribution < -0.4 is 16.6 Å². The largest absolute Gasteiger partial charge is 0.379 e. The molecule has 2 fully saturated rings. The van der Waals surface area contributed by atoms with Crippen molar-refractivity contribution in [2.45, 2.75) is 36.9 Å². The van der Waals surface area contributed by atoms with Gasteiger partial charge in [-0.25, -0.2) is 13.2 Å². The molecule has 10 nitrogen and oxygen atoms in total. The molecule has 11 heteroatoms. The minimum atomic E-state index is -3.58. The van der Waals surface area contributed by atoms with E-state index in [4.69, 9.17) is 4.74 Å². The molecule has 4 rings (SSSR count). The summed E-state index contributed by atoms with van der Waals surface area (Å²) < 4.78 is 34.3. The third kappa shape index (κ3) is 4.78. The quantitative estimate of drug-likeness (QED) is 0.620. The van der Waals surface area contributed by atoms with Gasteiger partial charge >= 0.3 is 5.69 Å². The molecule has 31 heavy (non-hydrogen) atoms. The number of morpholine rings is 1. The summed E-state index contributed by atoms with van der Waals surface area (Å²) in [6, 6.07) is 7.66. The van der Waals surface area contributed by atoms with Crippen molar-refractivity contribution in [2.75, 3.05) is 26.3 Å². The number of hydrogen-bond acceptors (Lipinski definition) is 6. The van der Waals surface area contributed by atoms with E-state index in [1.165, 1.54) is 33.3 Å². The molecule has 166 valence electrons. The van der Waals surface area contributed by atoms with E-state index in [-0.39, 0.29) is 24.0 Å². The molecular formula is C20H24N4O6S. The number of amides is 1. The summed E-state index contributed by atoms with van der Waals surface area (Å²) in [6.07, 6.45) is 3.26. The lowest BCUT2D eigenvalue weighted by Crippen LogP contribution is -2.42. The lowest BCUT2D eigenvalue weighted by atomic mass is 10.2. The summed E-state index contributed by atoms with van der Waals surface area (Å²) in [5.41, 5.74) is -0.303. The van der Waals surface area contributed by atoms with Gasteiger partial charge in [0.25, 0.3) is 5.56 Å². The Hall–Kier alpha value is -2.76. The topological polar surface area (TPSA) is 120 Å². The van der Waals surface area contributed by atoms with Crippen LogP contribution in [0.4, 0.5) is 0 Å². The molecule has 1 N–H and O–H groups in total. The number of carbonyl (C=O) groups excluding carboxylic acids is 1. The average Bonchev–Trinajstić information content (AvgIpc) is 3.61. The molecule has 2 aromatic rings. The predicted octanol–water partition coefficient (Wildman–Crippen LogP) is -0.318. The third-order valence-corrected chi connectivity index (χ3v) is 7.27. The number of benzene rings is 1. The number of aromatic nitrogens is 2. The second-order valence-corrected chi connectivity index (χ2v) is 9.54. The highest BCUT2D eigenvalue weighted by Gasteiger charge is 2.27. The van der Waals surface area contributed by atoms with Crippen LogP contribution in [0.25, 0.3) is 0 Å². The molecule has 2 aliphatic rings. The highest BCUT2D eigenvalue weighted by atomic mass is 32.2. The van der Waals surface area contributed by atoms with Crippen LogP contribution in [0, 0.1) is 0 Å². The maximum absolute atomic E-state index is 12.6. The van der Waals surface area contributed by atoms with Crippen molar-refractivity contribution in [3.63, 3.8) is 0 Å². The van der Waals surface area contributed by atoms with Crippen LogP contribution in [0.5, 0.6) is 0 Å². The van der Waals surface area contributed by atoms with E-state index >= 15 is 0 Å². The van der Waals surface area contributed by atoms with Gasteiger partial charge in [0.15, 0.2) is 0 Å². The molecule has 1 aromatic heterocycles. The van der Waals surface area contributed by atoms with Crippen LogP contribution in [0.1, 0.15) is 24.4 Å². The van der Waals surface area contributed by atoms with E-state index in [2.05, 4.69) is 5.32 Å². The number of sulfonamides is 1. The molecule has 1 aliphatic heterocycles. The van der Waals surface area contributed by atoms with E-state index in [1.807, 2.05) is 0 Å². The average molecular weight is 449 g/mol. The first kappa shape index (κ1) is 21.5. The first-order valence-electron chi connectivity index (χ1n) is 10.1. The van der Waals surface area contributed by atoms with Crippen molar-refractivity contribution in [1.82, 2.24) is 18.8 Å². The molecule has 0 spiro atoms. The molecule has 0 atom stereocenters. The second-order valence-electron chi connectivity index (χ2n) is 7.60. The van der Waals surface area contributed by atoms with Gasteiger partial charge in [-0.05, 0) is 30.5 Å². The van der Waals surface area contributed by atoms with Gasteiger partial charge in [0.1, 0.15) is 6.54 Å². The van der Waals surface area contributed by atoms with Crippen LogP contribution in [0.3, 0.4) is 0 Å². The van der Waals surface area contributed by atoms with E-state index in [9.17, 15) is 22.8 Å². The smallest absolute Gasteiger partial charge is 0.331 e. The predicted molar refractivity (Wildman–Crippen MR) is 111 cm³/mol.